The molecule has 3 rings (SSSR count). The Balaban J connectivity index is 2.07. The fourth-order valence-electron chi connectivity index (χ4n) is 3.17. The molecule has 0 spiro atoms. The number of hydrogen-bond donors (Lipinski definition) is 0. The van der Waals surface area contributed by atoms with Gasteiger partial charge in [0.15, 0.2) is 0 Å². The van der Waals surface area contributed by atoms with E-state index >= 15 is 0 Å². The standard InChI is InChI=1S/C15H19BrO2/c1-9-4-6-12-14(17-9)11-8-10(16)5-7-13(11)18-15(12,2)3/h5,7-9,12,14H,4,6H2,1-3H3/t9-,12-,14+/m1/s1. The summed E-state index contributed by atoms with van der Waals surface area (Å²) in [6, 6.07) is 6.21. The minimum Gasteiger partial charge on any atom is -0.487 e. The molecule has 2 heterocycles. The van der Waals surface area contributed by atoms with Gasteiger partial charge in [0.05, 0.1) is 12.2 Å². The van der Waals surface area contributed by atoms with E-state index in [-0.39, 0.29) is 11.7 Å². The van der Waals surface area contributed by atoms with E-state index in [1.807, 2.05) is 12.1 Å². The van der Waals surface area contributed by atoms with E-state index in [4.69, 9.17) is 9.47 Å². The Kier molecular flexibility index (Phi) is 2.94. The van der Waals surface area contributed by atoms with Gasteiger partial charge in [-0.25, -0.2) is 0 Å². The average molecular weight is 311 g/mol. The molecule has 1 fully saturated rings. The van der Waals surface area contributed by atoms with Crippen LogP contribution in [-0.2, 0) is 4.74 Å². The lowest BCUT2D eigenvalue weighted by molar-refractivity contribution is -0.144. The Morgan fingerprint density at radius 1 is 1.28 bits per heavy atom. The first kappa shape index (κ1) is 12.5. The van der Waals surface area contributed by atoms with E-state index in [0.717, 1.165) is 16.6 Å². The van der Waals surface area contributed by atoms with Crippen molar-refractivity contribution in [1.29, 1.82) is 0 Å². The fourth-order valence-corrected chi connectivity index (χ4v) is 3.55. The molecular formula is C15H19BrO2. The SMILES string of the molecule is C[C@@H]1CC[C@@H]2[C@@H](O1)c1cc(Br)ccc1OC2(C)C. The van der Waals surface area contributed by atoms with Gasteiger partial charge in [-0.2, -0.15) is 0 Å². The van der Waals surface area contributed by atoms with Crippen LogP contribution in [0.15, 0.2) is 22.7 Å². The van der Waals surface area contributed by atoms with Crippen LogP contribution >= 0.6 is 15.9 Å². The highest BCUT2D eigenvalue weighted by atomic mass is 79.9. The Bertz CT molecular complexity index is 470. The first-order valence-electron chi connectivity index (χ1n) is 6.61. The van der Waals surface area contributed by atoms with Gasteiger partial charge in [0.2, 0.25) is 0 Å². The molecule has 0 N–H and O–H groups in total. The number of halogens is 1. The predicted molar refractivity (Wildman–Crippen MR) is 74.9 cm³/mol. The van der Waals surface area contributed by atoms with Gasteiger partial charge in [-0.1, -0.05) is 15.9 Å². The molecule has 0 aliphatic carbocycles. The van der Waals surface area contributed by atoms with Crippen LogP contribution in [0.1, 0.15) is 45.3 Å². The van der Waals surface area contributed by atoms with Crippen LogP contribution in [0.4, 0.5) is 0 Å². The number of benzene rings is 1. The molecule has 0 saturated carbocycles. The van der Waals surface area contributed by atoms with E-state index in [1.165, 1.54) is 12.0 Å². The van der Waals surface area contributed by atoms with Crippen LogP contribution in [0.5, 0.6) is 5.75 Å². The zero-order chi connectivity index (χ0) is 12.9. The number of fused-ring (bicyclic) bond motifs is 3. The molecule has 1 aromatic carbocycles. The summed E-state index contributed by atoms with van der Waals surface area (Å²) in [6.07, 6.45) is 2.80. The van der Waals surface area contributed by atoms with Gasteiger partial charge in [-0.15, -0.1) is 0 Å². The lowest BCUT2D eigenvalue weighted by Gasteiger charge is -2.48. The highest BCUT2D eigenvalue weighted by Crippen LogP contribution is 2.50. The summed E-state index contributed by atoms with van der Waals surface area (Å²) >= 11 is 3.54. The molecule has 0 radical (unpaired) electrons. The molecule has 2 nitrogen and oxygen atoms in total. The molecule has 1 aromatic rings. The summed E-state index contributed by atoms with van der Waals surface area (Å²) in [7, 11) is 0. The maximum Gasteiger partial charge on any atom is 0.126 e. The molecule has 0 bridgehead atoms. The molecule has 0 amide bonds. The summed E-state index contributed by atoms with van der Waals surface area (Å²) < 4.78 is 13.5. The van der Waals surface area contributed by atoms with Gasteiger partial charge in [0.25, 0.3) is 0 Å². The van der Waals surface area contributed by atoms with Crippen molar-refractivity contribution >= 4 is 15.9 Å². The average Bonchev–Trinajstić information content (AvgIpc) is 2.30. The summed E-state index contributed by atoms with van der Waals surface area (Å²) in [5.41, 5.74) is 1.05. The van der Waals surface area contributed by atoms with Crippen molar-refractivity contribution in [3.05, 3.63) is 28.2 Å². The summed E-state index contributed by atoms with van der Waals surface area (Å²) in [5, 5.41) is 0. The normalized spacial score (nSPS) is 33.2. The van der Waals surface area contributed by atoms with Crippen molar-refractivity contribution in [1.82, 2.24) is 0 Å². The topological polar surface area (TPSA) is 18.5 Å². The third kappa shape index (κ3) is 1.97. The summed E-state index contributed by atoms with van der Waals surface area (Å²) in [5.74, 6) is 1.41. The molecule has 2 aliphatic rings. The van der Waals surface area contributed by atoms with Crippen LogP contribution in [0.3, 0.4) is 0 Å². The van der Waals surface area contributed by atoms with Crippen molar-refractivity contribution in [3.63, 3.8) is 0 Å². The van der Waals surface area contributed by atoms with Crippen LogP contribution in [0.25, 0.3) is 0 Å². The molecule has 18 heavy (non-hydrogen) atoms. The Labute approximate surface area is 117 Å². The van der Waals surface area contributed by atoms with E-state index in [2.05, 4.69) is 42.8 Å². The number of ether oxygens (including phenoxy) is 2. The van der Waals surface area contributed by atoms with Gasteiger partial charge in [-0.3, -0.25) is 0 Å². The monoisotopic (exact) mass is 310 g/mol. The largest absolute Gasteiger partial charge is 0.487 e. The van der Waals surface area contributed by atoms with Crippen molar-refractivity contribution < 1.29 is 9.47 Å². The number of rotatable bonds is 0. The van der Waals surface area contributed by atoms with Crippen molar-refractivity contribution in [3.8, 4) is 5.75 Å². The van der Waals surface area contributed by atoms with Crippen molar-refractivity contribution in [2.75, 3.05) is 0 Å². The summed E-state index contributed by atoms with van der Waals surface area (Å²) in [6.45, 7) is 6.51. The van der Waals surface area contributed by atoms with Gasteiger partial charge >= 0.3 is 0 Å². The van der Waals surface area contributed by atoms with Crippen LogP contribution in [-0.4, -0.2) is 11.7 Å². The second-order valence-corrected chi connectivity index (χ2v) is 6.85. The van der Waals surface area contributed by atoms with E-state index in [9.17, 15) is 0 Å². The molecule has 98 valence electrons. The minimum atomic E-state index is -0.147. The quantitative estimate of drug-likeness (QED) is 0.703. The first-order chi connectivity index (χ1) is 8.47. The Morgan fingerprint density at radius 2 is 2.06 bits per heavy atom. The lowest BCUT2D eigenvalue weighted by atomic mass is 9.75. The molecule has 2 aliphatic heterocycles. The van der Waals surface area contributed by atoms with Crippen LogP contribution in [0, 0.1) is 5.92 Å². The lowest BCUT2D eigenvalue weighted by Crippen LogP contribution is -2.48. The molecule has 0 unspecified atom stereocenters. The van der Waals surface area contributed by atoms with Crippen LogP contribution < -0.4 is 4.74 Å². The highest BCUT2D eigenvalue weighted by molar-refractivity contribution is 9.10. The van der Waals surface area contributed by atoms with Gasteiger partial charge < -0.3 is 9.47 Å². The smallest absolute Gasteiger partial charge is 0.126 e. The molecular weight excluding hydrogens is 292 g/mol. The van der Waals surface area contributed by atoms with E-state index in [1.54, 1.807) is 0 Å². The maximum absolute atomic E-state index is 6.21. The van der Waals surface area contributed by atoms with E-state index in [0.29, 0.717) is 12.0 Å². The molecule has 3 atom stereocenters. The minimum absolute atomic E-state index is 0.147. The first-order valence-corrected chi connectivity index (χ1v) is 7.40. The predicted octanol–water partition coefficient (Wildman–Crippen LogP) is 4.48. The zero-order valence-corrected chi connectivity index (χ0v) is 12.7. The van der Waals surface area contributed by atoms with Crippen molar-refractivity contribution in [2.24, 2.45) is 5.92 Å². The summed E-state index contributed by atoms with van der Waals surface area (Å²) in [4.78, 5) is 0. The van der Waals surface area contributed by atoms with E-state index < -0.39 is 0 Å². The van der Waals surface area contributed by atoms with Crippen molar-refractivity contribution in [2.45, 2.75) is 51.4 Å². The van der Waals surface area contributed by atoms with Gasteiger partial charge in [-0.05, 0) is 51.8 Å². The molecule has 1 saturated heterocycles. The second kappa shape index (κ2) is 4.24. The third-order valence-corrected chi connectivity index (χ3v) is 4.67. The third-order valence-electron chi connectivity index (χ3n) is 4.17. The molecule has 3 heteroatoms. The van der Waals surface area contributed by atoms with Gasteiger partial charge in [0.1, 0.15) is 11.4 Å². The highest BCUT2D eigenvalue weighted by Gasteiger charge is 2.46. The molecule has 0 aromatic heterocycles. The second-order valence-electron chi connectivity index (χ2n) is 5.94. The number of hydrogen-bond acceptors (Lipinski definition) is 2. The van der Waals surface area contributed by atoms with Gasteiger partial charge in [0, 0.05) is 16.0 Å². The Hall–Kier alpha value is -0.540. The zero-order valence-electron chi connectivity index (χ0n) is 11.1. The fraction of sp³-hybridized carbons (Fsp3) is 0.600. The Morgan fingerprint density at radius 3 is 2.83 bits per heavy atom. The maximum atomic E-state index is 6.21. The van der Waals surface area contributed by atoms with Crippen LogP contribution in [0.2, 0.25) is 0 Å².